The van der Waals surface area contributed by atoms with Gasteiger partial charge in [-0.2, -0.15) is 0 Å². The van der Waals surface area contributed by atoms with E-state index in [4.69, 9.17) is 27.9 Å². The molecule has 4 rings (SSSR count). The molecule has 2 aromatic rings. The normalized spacial score (nSPS) is 20.7. The first kappa shape index (κ1) is 25.1. The molecule has 35 heavy (non-hydrogen) atoms. The van der Waals surface area contributed by atoms with Crippen LogP contribution in [0.25, 0.3) is 6.08 Å². The summed E-state index contributed by atoms with van der Waals surface area (Å²) >= 11 is 12.3. The lowest BCUT2D eigenvalue weighted by Gasteiger charge is -2.47. The van der Waals surface area contributed by atoms with E-state index in [1.807, 2.05) is 12.1 Å². The molecule has 1 N–H and O–H groups in total. The number of ether oxygens (including phenoxy) is 1. The van der Waals surface area contributed by atoms with Gasteiger partial charge < -0.3 is 9.64 Å². The molecule has 2 heterocycles. The van der Waals surface area contributed by atoms with Crippen LogP contribution in [0.5, 0.6) is 5.75 Å². The van der Waals surface area contributed by atoms with Gasteiger partial charge in [0, 0.05) is 29.4 Å². The number of anilines is 2. The van der Waals surface area contributed by atoms with Crippen LogP contribution in [0.1, 0.15) is 51.2 Å². The number of fused-ring (bicyclic) bond motifs is 1. The fourth-order valence-corrected chi connectivity index (χ4v) is 5.49. The van der Waals surface area contributed by atoms with Crippen LogP contribution in [0.2, 0.25) is 10.0 Å². The molecule has 0 spiro atoms. The van der Waals surface area contributed by atoms with E-state index in [9.17, 15) is 14.4 Å². The van der Waals surface area contributed by atoms with E-state index in [-0.39, 0.29) is 32.8 Å². The standard InChI is InChI=1S/C26H27Cl2N3O4/c1-6-30-20-12-21(35-5)15(10-16(20)14(2)13-26(30,3)4)11-17-23(32)29-25(34)31(24(17)33)19-9-7-8-18(27)22(19)28/h7-12,14H,6,13H2,1-5H3,(H,29,32,34)/b17-11-. The quantitative estimate of drug-likeness (QED) is 0.412. The van der Waals surface area contributed by atoms with Crippen molar-refractivity contribution in [3.8, 4) is 5.75 Å². The van der Waals surface area contributed by atoms with Crippen LogP contribution >= 0.6 is 23.2 Å². The second kappa shape index (κ2) is 9.21. The fourth-order valence-electron chi connectivity index (χ4n) is 5.11. The number of imide groups is 2. The number of urea groups is 1. The number of nitrogens with one attached hydrogen (secondary N) is 1. The lowest BCUT2D eigenvalue weighted by atomic mass is 9.79. The average molecular weight is 516 g/mol. The van der Waals surface area contributed by atoms with Crippen LogP contribution < -0.4 is 19.9 Å². The first-order chi connectivity index (χ1) is 16.5. The zero-order valence-electron chi connectivity index (χ0n) is 20.2. The van der Waals surface area contributed by atoms with Crippen LogP contribution in [0.3, 0.4) is 0 Å². The number of rotatable bonds is 4. The number of halogens is 2. The molecule has 2 aromatic carbocycles. The van der Waals surface area contributed by atoms with E-state index in [0.717, 1.165) is 29.1 Å². The Morgan fingerprint density at radius 1 is 1.17 bits per heavy atom. The summed E-state index contributed by atoms with van der Waals surface area (Å²) in [6.07, 6.45) is 2.41. The molecular weight excluding hydrogens is 489 g/mol. The number of methoxy groups -OCH3 is 1. The summed E-state index contributed by atoms with van der Waals surface area (Å²) in [5, 5.41) is 2.44. The summed E-state index contributed by atoms with van der Waals surface area (Å²) in [6.45, 7) is 9.54. The number of amides is 4. The number of carbonyl (C=O) groups excluding carboxylic acids is 3. The van der Waals surface area contributed by atoms with Gasteiger partial charge in [-0.05, 0) is 62.9 Å². The summed E-state index contributed by atoms with van der Waals surface area (Å²) in [7, 11) is 1.54. The van der Waals surface area contributed by atoms with Gasteiger partial charge in [-0.25, -0.2) is 9.69 Å². The first-order valence-electron chi connectivity index (χ1n) is 11.3. The van der Waals surface area contributed by atoms with Crippen molar-refractivity contribution in [1.82, 2.24) is 5.32 Å². The maximum atomic E-state index is 13.4. The Bertz CT molecular complexity index is 1270. The minimum Gasteiger partial charge on any atom is -0.496 e. The Balaban J connectivity index is 1.83. The molecule has 2 aliphatic rings. The predicted octanol–water partition coefficient (Wildman–Crippen LogP) is 5.78. The molecule has 4 amide bonds. The van der Waals surface area contributed by atoms with Gasteiger partial charge in [0.1, 0.15) is 11.3 Å². The number of carbonyl (C=O) groups is 3. The van der Waals surface area contributed by atoms with E-state index in [1.54, 1.807) is 19.2 Å². The van der Waals surface area contributed by atoms with Crippen LogP contribution in [0.4, 0.5) is 16.2 Å². The SMILES string of the molecule is CCN1c2cc(OC)c(/C=C3/C(=O)NC(=O)N(c4cccc(Cl)c4Cl)C3=O)cc2C(C)CC1(C)C. The smallest absolute Gasteiger partial charge is 0.336 e. The number of hydrogen-bond donors (Lipinski definition) is 1. The Morgan fingerprint density at radius 2 is 1.89 bits per heavy atom. The van der Waals surface area contributed by atoms with E-state index in [0.29, 0.717) is 11.3 Å². The molecule has 2 aliphatic heterocycles. The molecule has 1 saturated heterocycles. The lowest BCUT2D eigenvalue weighted by Crippen LogP contribution is -2.54. The molecule has 9 heteroatoms. The van der Waals surface area contributed by atoms with Gasteiger partial charge in [0.05, 0.1) is 22.8 Å². The van der Waals surface area contributed by atoms with Crippen LogP contribution in [0.15, 0.2) is 35.9 Å². The van der Waals surface area contributed by atoms with Crippen molar-refractivity contribution >= 4 is 58.5 Å². The van der Waals surface area contributed by atoms with Gasteiger partial charge in [0.15, 0.2) is 0 Å². The highest BCUT2D eigenvalue weighted by atomic mass is 35.5. The van der Waals surface area contributed by atoms with Gasteiger partial charge in [-0.3, -0.25) is 14.9 Å². The van der Waals surface area contributed by atoms with Crippen LogP contribution in [-0.4, -0.2) is 37.0 Å². The van der Waals surface area contributed by atoms with Crippen molar-refractivity contribution in [2.45, 2.75) is 45.6 Å². The molecule has 1 fully saturated rings. The van der Waals surface area contributed by atoms with Crippen molar-refractivity contribution in [3.05, 3.63) is 57.1 Å². The number of barbiturate groups is 1. The largest absolute Gasteiger partial charge is 0.496 e. The molecular formula is C26H27Cl2N3O4. The van der Waals surface area contributed by atoms with Gasteiger partial charge in [-0.1, -0.05) is 36.2 Å². The molecule has 7 nitrogen and oxygen atoms in total. The first-order valence-corrected chi connectivity index (χ1v) is 12.1. The number of hydrogen-bond acceptors (Lipinski definition) is 5. The van der Waals surface area contributed by atoms with Crippen molar-refractivity contribution in [3.63, 3.8) is 0 Å². The molecule has 1 atom stereocenters. The van der Waals surface area contributed by atoms with E-state index in [1.165, 1.54) is 12.1 Å². The zero-order chi connectivity index (χ0) is 25.7. The Hall–Kier alpha value is -3.03. The molecule has 0 radical (unpaired) electrons. The Kier molecular flexibility index (Phi) is 6.60. The van der Waals surface area contributed by atoms with E-state index < -0.39 is 17.8 Å². The van der Waals surface area contributed by atoms with Crippen LogP contribution in [-0.2, 0) is 9.59 Å². The maximum Gasteiger partial charge on any atom is 0.336 e. The Labute approximate surface area is 214 Å². The van der Waals surface area contributed by atoms with Gasteiger partial charge in [0.25, 0.3) is 11.8 Å². The summed E-state index contributed by atoms with van der Waals surface area (Å²) in [6, 6.07) is 7.61. The average Bonchev–Trinajstić information content (AvgIpc) is 2.78. The van der Waals surface area contributed by atoms with E-state index in [2.05, 4.69) is 37.9 Å². The monoisotopic (exact) mass is 515 g/mol. The number of benzene rings is 2. The maximum absolute atomic E-state index is 13.4. The predicted molar refractivity (Wildman–Crippen MR) is 139 cm³/mol. The lowest BCUT2D eigenvalue weighted by molar-refractivity contribution is -0.122. The van der Waals surface area contributed by atoms with Gasteiger partial charge >= 0.3 is 6.03 Å². The van der Waals surface area contributed by atoms with Crippen LogP contribution in [0, 0.1) is 0 Å². The fraction of sp³-hybridized carbons (Fsp3) is 0.346. The zero-order valence-corrected chi connectivity index (χ0v) is 21.8. The highest BCUT2D eigenvalue weighted by molar-refractivity contribution is 6.46. The molecule has 1 unspecified atom stereocenters. The number of nitrogens with zero attached hydrogens (tertiary/aromatic N) is 2. The summed E-state index contributed by atoms with van der Waals surface area (Å²) in [5.41, 5.74) is 2.59. The van der Waals surface area contributed by atoms with Crippen molar-refractivity contribution < 1.29 is 19.1 Å². The minimum absolute atomic E-state index is 0.0253. The van der Waals surface area contributed by atoms with E-state index >= 15 is 0 Å². The highest BCUT2D eigenvalue weighted by Gasteiger charge is 2.39. The second-order valence-electron chi connectivity index (χ2n) is 9.35. The van der Waals surface area contributed by atoms with Gasteiger partial charge in [0.2, 0.25) is 0 Å². The van der Waals surface area contributed by atoms with Gasteiger partial charge in [-0.15, -0.1) is 0 Å². The molecule has 0 saturated carbocycles. The summed E-state index contributed by atoms with van der Waals surface area (Å²) in [5.74, 6) is -0.819. The summed E-state index contributed by atoms with van der Waals surface area (Å²) < 4.78 is 5.65. The third-order valence-electron chi connectivity index (χ3n) is 6.63. The molecule has 0 aliphatic carbocycles. The van der Waals surface area contributed by atoms with Crippen molar-refractivity contribution in [1.29, 1.82) is 0 Å². The Morgan fingerprint density at radius 3 is 2.54 bits per heavy atom. The topological polar surface area (TPSA) is 79.0 Å². The van der Waals surface area contributed by atoms with Crippen molar-refractivity contribution in [2.24, 2.45) is 0 Å². The third kappa shape index (κ3) is 4.28. The molecule has 0 bridgehead atoms. The molecule has 0 aromatic heterocycles. The summed E-state index contributed by atoms with van der Waals surface area (Å²) in [4.78, 5) is 41.8. The second-order valence-corrected chi connectivity index (χ2v) is 10.1. The molecule has 184 valence electrons. The minimum atomic E-state index is -0.895. The third-order valence-corrected chi connectivity index (χ3v) is 7.44. The van der Waals surface area contributed by atoms with Crippen molar-refractivity contribution in [2.75, 3.05) is 23.5 Å². The highest BCUT2D eigenvalue weighted by Crippen LogP contribution is 2.46.